The van der Waals surface area contributed by atoms with Crippen molar-refractivity contribution < 1.29 is 17.7 Å². The lowest BCUT2D eigenvalue weighted by atomic mass is 10.00. The van der Waals surface area contributed by atoms with E-state index < -0.39 is 10.0 Å². The molecule has 0 saturated carbocycles. The van der Waals surface area contributed by atoms with Crippen LogP contribution in [0.3, 0.4) is 0 Å². The van der Waals surface area contributed by atoms with Gasteiger partial charge in [0.15, 0.2) is 11.5 Å². The van der Waals surface area contributed by atoms with Crippen molar-refractivity contribution in [2.45, 2.75) is 51.1 Å². The van der Waals surface area contributed by atoms with Crippen molar-refractivity contribution in [1.82, 2.24) is 24.4 Å². The number of ketones is 1. The average Bonchev–Trinajstić information content (AvgIpc) is 3.51. The number of hydrogen-bond donors (Lipinski definition) is 1. The summed E-state index contributed by atoms with van der Waals surface area (Å²) < 4.78 is 30.9. The maximum Gasteiger partial charge on any atom is 0.211 e. The van der Waals surface area contributed by atoms with E-state index in [-0.39, 0.29) is 11.8 Å². The normalized spacial score (nSPS) is 19.5. The lowest BCUT2D eigenvalue weighted by Gasteiger charge is -2.27. The van der Waals surface area contributed by atoms with Gasteiger partial charge in [-0.25, -0.2) is 18.4 Å². The van der Waals surface area contributed by atoms with Gasteiger partial charge in [-0.2, -0.15) is 4.31 Å². The van der Waals surface area contributed by atoms with Crippen LogP contribution in [0.2, 0.25) is 0 Å². The first-order valence-corrected chi connectivity index (χ1v) is 12.8. The van der Waals surface area contributed by atoms with Gasteiger partial charge in [-0.05, 0) is 31.7 Å². The monoisotopic (exact) mass is 458 g/mol. The quantitative estimate of drug-likeness (QED) is 0.535. The molecule has 10 nitrogen and oxygen atoms in total. The van der Waals surface area contributed by atoms with E-state index in [0.29, 0.717) is 44.5 Å². The lowest BCUT2D eigenvalue weighted by molar-refractivity contribution is 0.0968. The average molecular weight is 459 g/mol. The molecule has 0 spiro atoms. The van der Waals surface area contributed by atoms with Crippen molar-refractivity contribution in [3.05, 3.63) is 35.6 Å². The second-order valence-corrected chi connectivity index (χ2v) is 10.5. The summed E-state index contributed by atoms with van der Waals surface area (Å²) in [6.45, 7) is 1.79. The Balaban J connectivity index is 1.26. The van der Waals surface area contributed by atoms with E-state index in [4.69, 9.17) is 4.52 Å². The van der Waals surface area contributed by atoms with Crippen LogP contribution in [-0.4, -0.2) is 64.0 Å². The van der Waals surface area contributed by atoms with Crippen LogP contribution in [-0.2, 0) is 23.0 Å². The fourth-order valence-corrected chi connectivity index (χ4v) is 6.08. The number of nitrogens with one attached hydrogen (secondary N) is 1. The van der Waals surface area contributed by atoms with E-state index in [9.17, 15) is 13.2 Å². The third-order valence-electron chi connectivity index (χ3n) is 6.41. The molecule has 1 N–H and O–H groups in total. The summed E-state index contributed by atoms with van der Waals surface area (Å²) in [5.41, 5.74) is 1.98. The molecule has 32 heavy (non-hydrogen) atoms. The number of fused-ring (bicyclic) bond motifs is 2. The molecule has 3 aromatic rings. The van der Waals surface area contributed by atoms with Gasteiger partial charge in [-0.15, -0.1) is 0 Å². The van der Waals surface area contributed by atoms with Gasteiger partial charge in [0.25, 0.3) is 0 Å². The molecule has 0 amide bonds. The van der Waals surface area contributed by atoms with Crippen LogP contribution in [0.4, 0.5) is 5.82 Å². The smallest absolute Gasteiger partial charge is 0.211 e. The molecule has 0 radical (unpaired) electrons. The third kappa shape index (κ3) is 3.90. The SMILES string of the molecule is CS(=O)(=O)N1CCCC1CCCC(=O)c1noc2c1CN(c1ncnc3[nH]ccc13)CC2. The van der Waals surface area contributed by atoms with Crippen LogP contribution >= 0.6 is 0 Å². The standard InChI is InChI=1S/C21H26N6O4S/c1-32(29,30)27-10-3-5-14(27)4-2-6-17(28)19-16-12-26(11-8-18(16)31-25-19)21-15-7-9-22-20(15)23-13-24-21/h7,9,13-14H,2-6,8,10-12H2,1H3,(H,22,23,24). The van der Waals surface area contributed by atoms with Crippen LogP contribution in [0.1, 0.15) is 53.9 Å². The van der Waals surface area contributed by atoms with Crippen molar-refractivity contribution >= 4 is 32.7 Å². The highest BCUT2D eigenvalue weighted by Gasteiger charge is 2.32. The number of anilines is 1. The van der Waals surface area contributed by atoms with Crippen LogP contribution in [0.15, 0.2) is 23.1 Å². The summed E-state index contributed by atoms with van der Waals surface area (Å²) in [7, 11) is -3.20. The number of carbonyl (C=O) groups excluding carboxylic acids is 1. The van der Waals surface area contributed by atoms with E-state index in [2.05, 4.69) is 25.0 Å². The molecule has 1 saturated heterocycles. The van der Waals surface area contributed by atoms with E-state index in [1.165, 1.54) is 12.6 Å². The fourth-order valence-electron chi connectivity index (χ4n) is 4.87. The predicted molar refractivity (Wildman–Crippen MR) is 118 cm³/mol. The zero-order valence-corrected chi connectivity index (χ0v) is 18.8. The van der Waals surface area contributed by atoms with Crippen LogP contribution in [0.5, 0.6) is 0 Å². The number of sulfonamides is 1. The Kier molecular flexibility index (Phi) is 5.46. The molecule has 1 atom stereocenters. The second kappa shape index (κ2) is 8.28. The molecule has 170 valence electrons. The predicted octanol–water partition coefficient (Wildman–Crippen LogP) is 2.29. The van der Waals surface area contributed by atoms with E-state index in [1.54, 1.807) is 4.31 Å². The number of hydrogen-bond acceptors (Lipinski definition) is 8. The van der Waals surface area contributed by atoms with Crippen molar-refractivity contribution in [2.75, 3.05) is 24.2 Å². The van der Waals surface area contributed by atoms with Gasteiger partial charge < -0.3 is 14.4 Å². The Morgan fingerprint density at radius 3 is 3.03 bits per heavy atom. The Labute approximate surface area is 186 Å². The molecule has 5 heterocycles. The second-order valence-electron chi connectivity index (χ2n) is 8.53. The molecule has 0 aromatic carbocycles. The van der Waals surface area contributed by atoms with Crippen LogP contribution in [0.25, 0.3) is 11.0 Å². The Bertz CT molecular complexity index is 1250. The van der Waals surface area contributed by atoms with Gasteiger partial charge in [0.2, 0.25) is 10.0 Å². The summed E-state index contributed by atoms with van der Waals surface area (Å²) in [4.78, 5) is 26.9. The molecule has 5 rings (SSSR count). The summed E-state index contributed by atoms with van der Waals surface area (Å²) >= 11 is 0. The number of Topliss-reactive ketones (excluding diaryl/α,β-unsaturated/α-hetero) is 1. The Morgan fingerprint density at radius 2 is 2.19 bits per heavy atom. The molecular weight excluding hydrogens is 432 g/mol. The van der Waals surface area contributed by atoms with Crippen molar-refractivity contribution in [3.63, 3.8) is 0 Å². The highest BCUT2D eigenvalue weighted by Crippen LogP contribution is 2.30. The number of aromatic amines is 1. The number of carbonyl (C=O) groups is 1. The van der Waals surface area contributed by atoms with Crippen molar-refractivity contribution in [1.29, 1.82) is 0 Å². The minimum atomic E-state index is -3.20. The van der Waals surface area contributed by atoms with Crippen LogP contribution < -0.4 is 4.90 Å². The number of H-pyrrole nitrogens is 1. The molecule has 3 aromatic heterocycles. The van der Waals surface area contributed by atoms with Gasteiger partial charge in [-0.1, -0.05) is 5.16 Å². The summed E-state index contributed by atoms with van der Waals surface area (Å²) in [6, 6.07) is 1.93. The molecule has 11 heteroatoms. The van der Waals surface area contributed by atoms with Gasteiger partial charge >= 0.3 is 0 Å². The molecule has 1 unspecified atom stereocenters. The third-order valence-corrected chi connectivity index (χ3v) is 7.75. The largest absolute Gasteiger partial charge is 0.360 e. The first kappa shape index (κ1) is 21.1. The molecule has 2 aliphatic rings. The maximum absolute atomic E-state index is 12.9. The van der Waals surface area contributed by atoms with Gasteiger partial charge in [-0.3, -0.25) is 4.79 Å². The summed E-state index contributed by atoms with van der Waals surface area (Å²) in [5, 5.41) is 5.02. The fraction of sp³-hybridized carbons (Fsp3) is 0.524. The number of aromatic nitrogens is 4. The zero-order valence-electron chi connectivity index (χ0n) is 18.0. The van der Waals surface area contributed by atoms with Gasteiger partial charge in [0.05, 0.1) is 18.2 Å². The first-order valence-electron chi connectivity index (χ1n) is 10.9. The summed E-state index contributed by atoms with van der Waals surface area (Å²) in [5.74, 6) is 1.52. The van der Waals surface area contributed by atoms with Crippen LogP contribution in [0, 0.1) is 0 Å². The number of nitrogens with zero attached hydrogens (tertiary/aromatic N) is 5. The summed E-state index contributed by atoms with van der Waals surface area (Å²) in [6.07, 6.45) is 8.61. The number of rotatable bonds is 7. The van der Waals surface area contributed by atoms with Gasteiger partial charge in [0.1, 0.15) is 23.6 Å². The molecular formula is C21H26N6O4S. The van der Waals surface area contributed by atoms with E-state index >= 15 is 0 Å². The molecule has 0 aliphatic carbocycles. The topological polar surface area (TPSA) is 125 Å². The highest BCUT2D eigenvalue weighted by molar-refractivity contribution is 7.88. The molecule has 1 fully saturated rings. The van der Waals surface area contributed by atoms with Crippen molar-refractivity contribution in [3.8, 4) is 0 Å². The lowest BCUT2D eigenvalue weighted by Crippen LogP contribution is -2.34. The highest BCUT2D eigenvalue weighted by atomic mass is 32.2. The van der Waals surface area contributed by atoms with Gasteiger partial charge in [0, 0.05) is 43.7 Å². The first-order chi connectivity index (χ1) is 15.4. The minimum absolute atomic E-state index is 0.0129. The zero-order chi connectivity index (χ0) is 22.3. The maximum atomic E-state index is 12.9. The van der Waals surface area contributed by atoms with E-state index in [0.717, 1.165) is 47.6 Å². The Hall–Kier alpha value is -2.79. The minimum Gasteiger partial charge on any atom is -0.360 e. The Morgan fingerprint density at radius 1 is 1.31 bits per heavy atom. The molecule has 2 aliphatic heterocycles. The van der Waals surface area contributed by atoms with Crippen molar-refractivity contribution in [2.24, 2.45) is 0 Å². The van der Waals surface area contributed by atoms with E-state index in [1.807, 2.05) is 12.3 Å². The molecule has 0 bridgehead atoms.